The SMILES string of the molecule is Cc1cccc(OCC(=O)NCC(O)C(C)(C)C)c1. The zero-order chi connectivity index (χ0) is 14.5. The second kappa shape index (κ2) is 6.57. The molecule has 1 amide bonds. The van der Waals surface area contributed by atoms with Gasteiger partial charge in [0.15, 0.2) is 6.61 Å². The Bertz CT molecular complexity index is 424. The first-order chi connectivity index (χ1) is 8.79. The third-order valence-corrected chi connectivity index (χ3v) is 2.85. The van der Waals surface area contributed by atoms with Gasteiger partial charge in [-0.1, -0.05) is 32.9 Å². The van der Waals surface area contributed by atoms with Crippen molar-refractivity contribution >= 4 is 5.91 Å². The fourth-order valence-electron chi connectivity index (χ4n) is 1.42. The summed E-state index contributed by atoms with van der Waals surface area (Å²) in [5.74, 6) is 0.441. The van der Waals surface area contributed by atoms with Crippen LogP contribution < -0.4 is 10.1 Å². The Balaban J connectivity index is 2.33. The smallest absolute Gasteiger partial charge is 0.258 e. The van der Waals surface area contributed by atoms with Crippen LogP contribution in [0, 0.1) is 12.3 Å². The van der Waals surface area contributed by atoms with E-state index in [2.05, 4.69) is 5.32 Å². The average Bonchev–Trinajstić information content (AvgIpc) is 2.32. The van der Waals surface area contributed by atoms with Crippen LogP contribution in [0.15, 0.2) is 24.3 Å². The number of aliphatic hydroxyl groups excluding tert-OH is 1. The molecule has 19 heavy (non-hydrogen) atoms. The van der Waals surface area contributed by atoms with Gasteiger partial charge in [-0.3, -0.25) is 4.79 Å². The molecule has 0 spiro atoms. The quantitative estimate of drug-likeness (QED) is 0.855. The van der Waals surface area contributed by atoms with E-state index in [0.717, 1.165) is 5.56 Å². The molecule has 2 N–H and O–H groups in total. The lowest BCUT2D eigenvalue weighted by Gasteiger charge is -2.25. The summed E-state index contributed by atoms with van der Waals surface area (Å²) < 4.78 is 5.37. The first kappa shape index (κ1) is 15.5. The van der Waals surface area contributed by atoms with Gasteiger partial charge in [0, 0.05) is 6.54 Å². The largest absolute Gasteiger partial charge is 0.484 e. The Morgan fingerprint density at radius 1 is 1.42 bits per heavy atom. The number of aryl methyl sites for hydroxylation is 1. The molecule has 0 heterocycles. The standard InChI is InChI=1S/C15H23NO3/c1-11-6-5-7-12(8-11)19-10-14(18)16-9-13(17)15(2,3)4/h5-8,13,17H,9-10H2,1-4H3,(H,16,18). The van der Waals surface area contributed by atoms with Gasteiger partial charge in [-0.25, -0.2) is 0 Å². The predicted octanol–water partition coefficient (Wildman–Crippen LogP) is 1.90. The van der Waals surface area contributed by atoms with Crippen LogP contribution in [0.3, 0.4) is 0 Å². The molecule has 0 saturated heterocycles. The number of hydrogen-bond acceptors (Lipinski definition) is 3. The molecule has 0 aliphatic heterocycles. The minimum absolute atomic E-state index is 0.0414. The molecule has 0 aliphatic carbocycles. The summed E-state index contributed by atoms with van der Waals surface area (Å²) in [4.78, 5) is 11.6. The molecule has 0 saturated carbocycles. The van der Waals surface area contributed by atoms with Crippen molar-refractivity contribution in [2.75, 3.05) is 13.2 Å². The number of aliphatic hydroxyl groups is 1. The fourth-order valence-corrected chi connectivity index (χ4v) is 1.42. The molecule has 0 aliphatic rings. The molecule has 0 aromatic heterocycles. The van der Waals surface area contributed by atoms with Gasteiger partial charge in [0.05, 0.1) is 6.10 Å². The van der Waals surface area contributed by atoms with Crippen LogP contribution >= 0.6 is 0 Å². The molecule has 106 valence electrons. The third kappa shape index (κ3) is 5.75. The van der Waals surface area contributed by atoms with Crippen LogP contribution in [0.4, 0.5) is 0 Å². The van der Waals surface area contributed by atoms with E-state index < -0.39 is 6.10 Å². The van der Waals surface area contributed by atoms with Crippen LogP contribution in [0.25, 0.3) is 0 Å². The summed E-state index contributed by atoms with van der Waals surface area (Å²) >= 11 is 0. The number of nitrogens with one attached hydrogen (secondary N) is 1. The number of amides is 1. The van der Waals surface area contributed by atoms with Crippen molar-refractivity contribution in [2.45, 2.75) is 33.8 Å². The highest BCUT2D eigenvalue weighted by Crippen LogP contribution is 2.18. The van der Waals surface area contributed by atoms with Crippen LogP contribution in [0.5, 0.6) is 5.75 Å². The van der Waals surface area contributed by atoms with Gasteiger partial charge in [0.1, 0.15) is 5.75 Å². The van der Waals surface area contributed by atoms with Gasteiger partial charge >= 0.3 is 0 Å². The molecular formula is C15H23NO3. The second-order valence-corrected chi connectivity index (χ2v) is 5.79. The van der Waals surface area contributed by atoms with Gasteiger partial charge in [0.2, 0.25) is 0 Å². The molecule has 4 heteroatoms. The van der Waals surface area contributed by atoms with Gasteiger partial charge in [-0.05, 0) is 30.0 Å². The van der Waals surface area contributed by atoms with E-state index >= 15 is 0 Å². The molecule has 1 atom stereocenters. The summed E-state index contributed by atoms with van der Waals surface area (Å²) in [6.07, 6.45) is -0.574. The van der Waals surface area contributed by atoms with Crippen LogP contribution in [0.2, 0.25) is 0 Å². The zero-order valence-electron chi connectivity index (χ0n) is 12.1. The van der Waals surface area contributed by atoms with Crippen LogP contribution in [0.1, 0.15) is 26.3 Å². The molecule has 0 radical (unpaired) electrons. The molecular weight excluding hydrogens is 242 g/mol. The lowest BCUT2D eigenvalue weighted by molar-refractivity contribution is -0.123. The summed E-state index contributed by atoms with van der Waals surface area (Å²) in [5.41, 5.74) is 0.839. The van der Waals surface area contributed by atoms with E-state index in [1.165, 1.54) is 0 Å². The molecule has 0 bridgehead atoms. The van der Waals surface area contributed by atoms with Crippen molar-refractivity contribution in [3.63, 3.8) is 0 Å². The van der Waals surface area contributed by atoms with Crippen molar-refractivity contribution in [1.29, 1.82) is 0 Å². The van der Waals surface area contributed by atoms with Crippen molar-refractivity contribution in [2.24, 2.45) is 5.41 Å². The Kier molecular flexibility index (Phi) is 5.36. The number of carbonyl (C=O) groups is 1. The molecule has 1 rings (SSSR count). The normalized spacial score (nSPS) is 12.9. The first-order valence-electron chi connectivity index (χ1n) is 6.43. The Morgan fingerprint density at radius 3 is 2.68 bits per heavy atom. The van der Waals surface area contributed by atoms with E-state index in [-0.39, 0.29) is 24.5 Å². The van der Waals surface area contributed by atoms with Crippen molar-refractivity contribution < 1.29 is 14.6 Å². The van der Waals surface area contributed by atoms with Gasteiger partial charge in [0.25, 0.3) is 5.91 Å². The predicted molar refractivity (Wildman–Crippen MR) is 75.1 cm³/mol. The lowest BCUT2D eigenvalue weighted by atomic mass is 9.89. The minimum atomic E-state index is -0.574. The van der Waals surface area contributed by atoms with Crippen molar-refractivity contribution in [1.82, 2.24) is 5.32 Å². The number of benzene rings is 1. The zero-order valence-corrected chi connectivity index (χ0v) is 12.1. The van der Waals surface area contributed by atoms with Gasteiger partial charge in [-0.2, -0.15) is 0 Å². The first-order valence-corrected chi connectivity index (χ1v) is 6.43. The van der Waals surface area contributed by atoms with Crippen molar-refractivity contribution in [3.8, 4) is 5.75 Å². The number of ether oxygens (including phenoxy) is 1. The summed E-state index contributed by atoms with van der Waals surface area (Å²) in [5, 5.41) is 12.5. The van der Waals surface area contributed by atoms with Crippen molar-refractivity contribution in [3.05, 3.63) is 29.8 Å². The van der Waals surface area contributed by atoms with E-state index in [0.29, 0.717) is 5.75 Å². The number of hydrogen-bond donors (Lipinski definition) is 2. The van der Waals surface area contributed by atoms with Crippen LogP contribution in [-0.2, 0) is 4.79 Å². The van der Waals surface area contributed by atoms with Gasteiger partial charge in [-0.15, -0.1) is 0 Å². The van der Waals surface area contributed by atoms with Crippen LogP contribution in [-0.4, -0.2) is 30.3 Å². The van der Waals surface area contributed by atoms with Gasteiger partial charge < -0.3 is 15.2 Å². The highest BCUT2D eigenvalue weighted by Gasteiger charge is 2.22. The molecule has 4 nitrogen and oxygen atoms in total. The maximum Gasteiger partial charge on any atom is 0.258 e. The third-order valence-electron chi connectivity index (χ3n) is 2.85. The molecule has 0 fully saturated rings. The summed E-state index contributed by atoms with van der Waals surface area (Å²) in [6.45, 7) is 7.93. The Hall–Kier alpha value is -1.55. The Morgan fingerprint density at radius 2 is 2.11 bits per heavy atom. The number of carbonyl (C=O) groups excluding carboxylic acids is 1. The highest BCUT2D eigenvalue weighted by atomic mass is 16.5. The summed E-state index contributed by atoms with van der Waals surface area (Å²) in [6, 6.07) is 7.53. The maximum absolute atomic E-state index is 11.6. The second-order valence-electron chi connectivity index (χ2n) is 5.79. The maximum atomic E-state index is 11.6. The monoisotopic (exact) mass is 265 g/mol. The van der Waals surface area contributed by atoms with E-state index in [1.54, 1.807) is 0 Å². The minimum Gasteiger partial charge on any atom is -0.484 e. The van der Waals surface area contributed by atoms with E-state index in [9.17, 15) is 9.90 Å². The lowest BCUT2D eigenvalue weighted by Crippen LogP contribution is -2.40. The fraction of sp³-hybridized carbons (Fsp3) is 0.533. The topological polar surface area (TPSA) is 58.6 Å². The average molecular weight is 265 g/mol. The number of rotatable bonds is 5. The Labute approximate surface area is 114 Å². The highest BCUT2D eigenvalue weighted by molar-refractivity contribution is 5.77. The molecule has 1 aromatic rings. The molecule has 1 aromatic carbocycles. The summed E-state index contributed by atoms with van der Waals surface area (Å²) in [7, 11) is 0. The molecule has 1 unspecified atom stereocenters. The van der Waals surface area contributed by atoms with E-state index in [4.69, 9.17) is 4.74 Å². The van der Waals surface area contributed by atoms with E-state index in [1.807, 2.05) is 52.0 Å².